The molecule has 0 aliphatic carbocycles. The highest BCUT2D eigenvalue weighted by atomic mass is 35.5. The van der Waals surface area contributed by atoms with E-state index in [1.165, 1.54) is 24.3 Å². The number of hydrogen-bond acceptors (Lipinski definition) is 3. The minimum absolute atomic E-state index is 0.0171. The fourth-order valence-electron chi connectivity index (χ4n) is 1.74. The summed E-state index contributed by atoms with van der Waals surface area (Å²) in [5, 5.41) is 8.10. The van der Waals surface area contributed by atoms with Crippen LogP contribution in [0.3, 0.4) is 0 Å². The van der Waals surface area contributed by atoms with Gasteiger partial charge in [0, 0.05) is 25.3 Å². The standard InChI is InChI=1S/C16H14Cl2FN3/c1-22(2)14-9-3-11(4-10-14)15(16(17)18)21-20-13-7-5-12(19)6-8-13/h3-10H,1-2H3. The third kappa shape index (κ3) is 4.29. The van der Waals surface area contributed by atoms with Crippen molar-refractivity contribution in [3.8, 4) is 0 Å². The highest BCUT2D eigenvalue weighted by Crippen LogP contribution is 2.28. The molecule has 0 aliphatic rings. The van der Waals surface area contributed by atoms with Gasteiger partial charge in [-0.25, -0.2) is 4.39 Å². The number of anilines is 1. The first-order valence-corrected chi connectivity index (χ1v) is 7.23. The summed E-state index contributed by atoms with van der Waals surface area (Å²) < 4.78 is 12.9. The van der Waals surface area contributed by atoms with Gasteiger partial charge in [-0.05, 0) is 36.4 Å². The molecule has 0 fully saturated rings. The van der Waals surface area contributed by atoms with Crippen molar-refractivity contribution in [3.63, 3.8) is 0 Å². The summed E-state index contributed by atoms with van der Waals surface area (Å²) in [5.74, 6) is -0.329. The molecule has 0 aromatic heterocycles. The fraction of sp³-hybridized carbons (Fsp3) is 0.125. The van der Waals surface area contributed by atoms with Crippen molar-refractivity contribution >= 4 is 40.3 Å². The van der Waals surface area contributed by atoms with Gasteiger partial charge in [-0.15, -0.1) is 5.11 Å². The van der Waals surface area contributed by atoms with Crippen molar-refractivity contribution < 1.29 is 4.39 Å². The van der Waals surface area contributed by atoms with Crippen LogP contribution in [0.15, 0.2) is 63.3 Å². The molecule has 2 aromatic rings. The van der Waals surface area contributed by atoms with Gasteiger partial charge < -0.3 is 4.90 Å². The first-order chi connectivity index (χ1) is 10.5. The predicted octanol–water partition coefficient (Wildman–Crippen LogP) is 5.78. The average molecular weight is 338 g/mol. The number of azo groups is 1. The summed E-state index contributed by atoms with van der Waals surface area (Å²) in [7, 11) is 3.91. The van der Waals surface area contributed by atoms with E-state index in [2.05, 4.69) is 10.2 Å². The predicted molar refractivity (Wildman–Crippen MR) is 90.3 cm³/mol. The maximum Gasteiger partial charge on any atom is 0.134 e. The Morgan fingerprint density at radius 1 is 0.955 bits per heavy atom. The van der Waals surface area contributed by atoms with E-state index in [-0.39, 0.29) is 10.3 Å². The SMILES string of the molecule is CN(C)c1ccc(C(N=Nc2ccc(F)cc2)=C(Cl)Cl)cc1. The molecular formula is C16H14Cl2FN3. The van der Waals surface area contributed by atoms with Crippen molar-refractivity contribution in [2.24, 2.45) is 10.2 Å². The van der Waals surface area contributed by atoms with Crippen LogP contribution < -0.4 is 4.90 Å². The molecule has 0 N–H and O–H groups in total. The average Bonchev–Trinajstić information content (AvgIpc) is 2.49. The van der Waals surface area contributed by atoms with Crippen molar-refractivity contribution in [1.29, 1.82) is 0 Å². The highest BCUT2D eigenvalue weighted by molar-refractivity contribution is 6.58. The Balaban J connectivity index is 2.27. The van der Waals surface area contributed by atoms with Crippen LogP contribution in [0.1, 0.15) is 5.56 Å². The molecule has 114 valence electrons. The summed E-state index contributed by atoms with van der Waals surface area (Å²) >= 11 is 11.8. The smallest absolute Gasteiger partial charge is 0.134 e. The van der Waals surface area contributed by atoms with E-state index in [0.29, 0.717) is 11.4 Å². The lowest BCUT2D eigenvalue weighted by Crippen LogP contribution is -2.08. The van der Waals surface area contributed by atoms with E-state index < -0.39 is 0 Å². The molecule has 22 heavy (non-hydrogen) atoms. The van der Waals surface area contributed by atoms with Crippen LogP contribution in [0.2, 0.25) is 0 Å². The van der Waals surface area contributed by atoms with E-state index >= 15 is 0 Å². The van der Waals surface area contributed by atoms with E-state index in [9.17, 15) is 4.39 Å². The molecule has 6 heteroatoms. The van der Waals surface area contributed by atoms with Gasteiger partial charge in [0.05, 0.1) is 5.69 Å². The fourth-order valence-corrected chi connectivity index (χ4v) is 2.03. The second-order valence-corrected chi connectivity index (χ2v) is 5.68. The first-order valence-electron chi connectivity index (χ1n) is 6.47. The second-order valence-electron chi connectivity index (χ2n) is 4.73. The molecule has 0 spiro atoms. The van der Waals surface area contributed by atoms with Crippen LogP contribution in [0.4, 0.5) is 15.8 Å². The molecule has 0 unspecified atom stereocenters. The Kier molecular flexibility index (Phi) is 5.52. The largest absolute Gasteiger partial charge is 0.378 e. The number of rotatable bonds is 4. The van der Waals surface area contributed by atoms with Gasteiger partial charge in [-0.3, -0.25) is 0 Å². The zero-order chi connectivity index (χ0) is 16.1. The van der Waals surface area contributed by atoms with Crippen LogP contribution in [-0.2, 0) is 0 Å². The molecule has 0 amide bonds. The summed E-state index contributed by atoms with van der Waals surface area (Å²) in [4.78, 5) is 1.98. The maximum atomic E-state index is 12.9. The minimum Gasteiger partial charge on any atom is -0.378 e. The normalized spacial score (nSPS) is 10.8. The lowest BCUT2D eigenvalue weighted by atomic mass is 10.1. The number of hydrogen-bond donors (Lipinski definition) is 0. The molecule has 0 saturated carbocycles. The Morgan fingerprint density at radius 2 is 1.55 bits per heavy atom. The van der Waals surface area contributed by atoms with Gasteiger partial charge in [0.25, 0.3) is 0 Å². The molecule has 0 atom stereocenters. The molecule has 0 saturated heterocycles. The topological polar surface area (TPSA) is 28.0 Å². The third-order valence-electron chi connectivity index (χ3n) is 2.93. The molecular weight excluding hydrogens is 324 g/mol. The quantitative estimate of drug-likeness (QED) is 0.650. The van der Waals surface area contributed by atoms with Crippen molar-refractivity contribution in [2.75, 3.05) is 19.0 Å². The van der Waals surface area contributed by atoms with Crippen LogP contribution in [-0.4, -0.2) is 14.1 Å². The van der Waals surface area contributed by atoms with Crippen LogP contribution in [0.5, 0.6) is 0 Å². The number of benzene rings is 2. The van der Waals surface area contributed by atoms with E-state index in [4.69, 9.17) is 23.2 Å². The summed E-state index contributed by atoms with van der Waals surface area (Å²) in [6, 6.07) is 13.2. The summed E-state index contributed by atoms with van der Waals surface area (Å²) in [5.41, 5.74) is 2.66. The molecule has 3 nitrogen and oxygen atoms in total. The second kappa shape index (κ2) is 7.38. The summed E-state index contributed by atoms with van der Waals surface area (Å²) in [6.45, 7) is 0. The van der Waals surface area contributed by atoms with Gasteiger partial charge in [-0.2, -0.15) is 5.11 Å². The van der Waals surface area contributed by atoms with E-state index in [0.717, 1.165) is 11.3 Å². The van der Waals surface area contributed by atoms with E-state index in [1.54, 1.807) is 0 Å². The maximum absolute atomic E-state index is 12.9. The molecule has 0 bridgehead atoms. The highest BCUT2D eigenvalue weighted by Gasteiger charge is 2.07. The summed E-state index contributed by atoms with van der Waals surface area (Å²) in [6.07, 6.45) is 0. The zero-order valence-corrected chi connectivity index (χ0v) is 13.6. The van der Waals surface area contributed by atoms with Crippen LogP contribution in [0.25, 0.3) is 5.70 Å². The van der Waals surface area contributed by atoms with Crippen LogP contribution in [0, 0.1) is 5.82 Å². The minimum atomic E-state index is -0.329. The first kappa shape index (κ1) is 16.5. The Hall–Kier alpha value is -1.91. The van der Waals surface area contributed by atoms with E-state index in [1.807, 2.05) is 43.3 Å². The Bertz CT molecular complexity index is 688. The molecule has 0 radical (unpaired) electrons. The molecule has 0 aliphatic heterocycles. The molecule has 2 aromatic carbocycles. The van der Waals surface area contributed by atoms with Gasteiger partial charge in [-0.1, -0.05) is 35.3 Å². The monoisotopic (exact) mass is 337 g/mol. The van der Waals surface area contributed by atoms with Crippen molar-refractivity contribution in [1.82, 2.24) is 0 Å². The third-order valence-corrected chi connectivity index (χ3v) is 3.29. The van der Waals surface area contributed by atoms with Crippen molar-refractivity contribution in [2.45, 2.75) is 0 Å². The Labute approximate surface area is 138 Å². The van der Waals surface area contributed by atoms with Gasteiger partial charge >= 0.3 is 0 Å². The van der Waals surface area contributed by atoms with Gasteiger partial charge in [0.15, 0.2) is 0 Å². The van der Waals surface area contributed by atoms with Crippen LogP contribution >= 0.6 is 23.2 Å². The molecule has 2 rings (SSSR count). The zero-order valence-electron chi connectivity index (χ0n) is 12.1. The van der Waals surface area contributed by atoms with Crippen molar-refractivity contribution in [3.05, 3.63) is 64.4 Å². The number of halogens is 3. The Morgan fingerprint density at radius 3 is 2.05 bits per heavy atom. The number of nitrogens with zero attached hydrogens (tertiary/aromatic N) is 3. The van der Waals surface area contributed by atoms with Gasteiger partial charge in [0.2, 0.25) is 0 Å². The molecule has 0 heterocycles. The lowest BCUT2D eigenvalue weighted by molar-refractivity contribution is 0.628. The lowest BCUT2D eigenvalue weighted by Gasteiger charge is -2.12. The van der Waals surface area contributed by atoms with Gasteiger partial charge in [0.1, 0.15) is 16.0 Å².